The molecule has 1 N–H and O–H groups in total. The summed E-state index contributed by atoms with van der Waals surface area (Å²) in [7, 11) is 0. The van der Waals surface area contributed by atoms with E-state index in [1.54, 1.807) is 0 Å². The number of nitrogens with zero attached hydrogens (tertiary/aromatic N) is 1. The van der Waals surface area contributed by atoms with Crippen molar-refractivity contribution in [3.63, 3.8) is 0 Å². The highest BCUT2D eigenvalue weighted by atomic mass is 16.5. The molecular formula is C13H25NO2. The van der Waals surface area contributed by atoms with E-state index >= 15 is 0 Å². The molecule has 1 heterocycles. The molecule has 3 nitrogen and oxygen atoms in total. The third-order valence-corrected chi connectivity index (χ3v) is 4.42. The molecule has 2 aliphatic rings. The molecule has 1 atom stereocenters. The van der Waals surface area contributed by atoms with Gasteiger partial charge in [0.15, 0.2) is 0 Å². The first-order valence-electron chi connectivity index (χ1n) is 6.72. The summed E-state index contributed by atoms with van der Waals surface area (Å²) in [5.74, 6) is 0.696. The van der Waals surface area contributed by atoms with Crippen LogP contribution in [0.4, 0.5) is 0 Å². The van der Waals surface area contributed by atoms with Crippen molar-refractivity contribution in [2.75, 3.05) is 39.5 Å². The van der Waals surface area contributed by atoms with Gasteiger partial charge in [0.1, 0.15) is 0 Å². The van der Waals surface area contributed by atoms with E-state index in [-0.39, 0.29) is 6.61 Å². The van der Waals surface area contributed by atoms with E-state index in [1.165, 1.54) is 32.2 Å². The second-order valence-corrected chi connectivity index (χ2v) is 5.38. The Morgan fingerprint density at radius 3 is 2.75 bits per heavy atom. The minimum atomic E-state index is 0.289. The topological polar surface area (TPSA) is 32.7 Å². The first-order chi connectivity index (χ1) is 7.80. The zero-order valence-corrected chi connectivity index (χ0v) is 10.5. The number of hydrogen-bond acceptors (Lipinski definition) is 3. The molecule has 0 aromatic rings. The first-order valence-corrected chi connectivity index (χ1v) is 6.72. The van der Waals surface area contributed by atoms with Crippen molar-refractivity contribution >= 4 is 0 Å². The van der Waals surface area contributed by atoms with E-state index < -0.39 is 0 Å². The largest absolute Gasteiger partial charge is 0.395 e. The van der Waals surface area contributed by atoms with Gasteiger partial charge in [-0.25, -0.2) is 0 Å². The maximum Gasteiger partial charge on any atom is 0.0558 e. The Hall–Kier alpha value is -0.120. The summed E-state index contributed by atoms with van der Waals surface area (Å²) in [4.78, 5) is 2.43. The van der Waals surface area contributed by atoms with Crippen LogP contribution in [0.2, 0.25) is 0 Å². The van der Waals surface area contributed by atoms with Gasteiger partial charge in [0, 0.05) is 32.2 Å². The van der Waals surface area contributed by atoms with Crippen LogP contribution in [-0.2, 0) is 4.74 Å². The zero-order valence-electron chi connectivity index (χ0n) is 10.5. The van der Waals surface area contributed by atoms with E-state index in [2.05, 4.69) is 11.8 Å². The normalized spacial score (nSPS) is 29.2. The SMILES string of the molecule is CCOCC1CN(CCO)CC12CCCC2. The Kier molecular flexibility index (Phi) is 4.22. The highest BCUT2D eigenvalue weighted by molar-refractivity contribution is 4.99. The number of β-amino-alcohol motifs (C(OH)–C–C–N with tert-alkyl or cyclic N) is 1. The molecular weight excluding hydrogens is 202 g/mol. The molecule has 1 saturated heterocycles. The number of ether oxygens (including phenoxy) is 1. The van der Waals surface area contributed by atoms with Gasteiger partial charge in [-0.3, -0.25) is 0 Å². The number of hydrogen-bond donors (Lipinski definition) is 1. The van der Waals surface area contributed by atoms with Crippen LogP contribution < -0.4 is 0 Å². The van der Waals surface area contributed by atoms with Gasteiger partial charge >= 0.3 is 0 Å². The van der Waals surface area contributed by atoms with Crippen molar-refractivity contribution in [1.82, 2.24) is 4.90 Å². The lowest BCUT2D eigenvalue weighted by Gasteiger charge is -2.29. The van der Waals surface area contributed by atoms with Crippen molar-refractivity contribution < 1.29 is 9.84 Å². The highest BCUT2D eigenvalue weighted by Gasteiger charge is 2.47. The summed E-state index contributed by atoms with van der Waals surface area (Å²) in [6.07, 6.45) is 5.50. The number of rotatable bonds is 5. The van der Waals surface area contributed by atoms with Crippen molar-refractivity contribution in [1.29, 1.82) is 0 Å². The Balaban J connectivity index is 1.96. The van der Waals surface area contributed by atoms with Crippen LogP contribution in [0.5, 0.6) is 0 Å². The lowest BCUT2D eigenvalue weighted by molar-refractivity contribution is 0.0688. The molecule has 1 aliphatic heterocycles. The Morgan fingerprint density at radius 2 is 2.12 bits per heavy atom. The van der Waals surface area contributed by atoms with Crippen molar-refractivity contribution in [2.24, 2.45) is 11.3 Å². The summed E-state index contributed by atoms with van der Waals surface area (Å²) in [6.45, 7) is 7.25. The van der Waals surface area contributed by atoms with Crippen LogP contribution in [0, 0.1) is 11.3 Å². The molecule has 1 unspecified atom stereocenters. The molecule has 16 heavy (non-hydrogen) atoms. The average molecular weight is 227 g/mol. The Morgan fingerprint density at radius 1 is 1.38 bits per heavy atom. The van der Waals surface area contributed by atoms with Gasteiger partial charge in [-0.05, 0) is 25.2 Å². The Labute approximate surface area is 98.8 Å². The Bertz CT molecular complexity index is 214. The fourth-order valence-corrected chi connectivity index (χ4v) is 3.59. The van der Waals surface area contributed by atoms with E-state index in [0.717, 1.165) is 26.3 Å². The molecule has 0 aromatic carbocycles. The third kappa shape index (κ3) is 2.41. The summed E-state index contributed by atoms with van der Waals surface area (Å²) in [5, 5.41) is 9.05. The van der Waals surface area contributed by atoms with Gasteiger partial charge in [0.25, 0.3) is 0 Å². The standard InChI is InChI=1S/C13H25NO2/c1-2-16-10-12-9-14(7-8-15)11-13(12)5-3-4-6-13/h12,15H,2-11H2,1H3. The lowest BCUT2D eigenvalue weighted by atomic mass is 9.77. The molecule has 1 spiro atoms. The van der Waals surface area contributed by atoms with Crippen molar-refractivity contribution in [2.45, 2.75) is 32.6 Å². The fraction of sp³-hybridized carbons (Fsp3) is 1.00. The molecule has 2 fully saturated rings. The summed E-state index contributed by atoms with van der Waals surface area (Å²) >= 11 is 0. The van der Waals surface area contributed by atoms with Gasteiger partial charge in [0.2, 0.25) is 0 Å². The molecule has 2 rings (SSSR count). The van der Waals surface area contributed by atoms with E-state index in [0.29, 0.717) is 11.3 Å². The van der Waals surface area contributed by atoms with Crippen LogP contribution in [-0.4, -0.2) is 49.5 Å². The molecule has 1 aliphatic carbocycles. The van der Waals surface area contributed by atoms with E-state index in [4.69, 9.17) is 9.84 Å². The molecule has 94 valence electrons. The minimum absolute atomic E-state index is 0.289. The second kappa shape index (κ2) is 5.48. The average Bonchev–Trinajstić information content (AvgIpc) is 2.86. The molecule has 0 radical (unpaired) electrons. The monoisotopic (exact) mass is 227 g/mol. The second-order valence-electron chi connectivity index (χ2n) is 5.38. The van der Waals surface area contributed by atoms with Crippen LogP contribution >= 0.6 is 0 Å². The molecule has 0 bridgehead atoms. The van der Waals surface area contributed by atoms with Crippen LogP contribution in [0.25, 0.3) is 0 Å². The maximum absolute atomic E-state index is 9.05. The van der Waals surface area contributed by atoms with Gasteiger partial charge in [-0.1, -0.05) is 12.8 Å². The van der Waals surface area contributed by atoms with Crippen LogP contribution in [0.1, 0.15) is 32.6 Å². The summed E-state index contributed by atoms with van der Waals surface area (Å²) in [6, 6.07) is 0. The molecule has 3 heteroatoms. The smallest absolute Gasteiger partial charge is 0.0558 e. The molecule has 0 aromatic heterocycles. The van der Waals surface area contributed by atoms with Gasteiger partial charge in [-0.15, -0.1) is 0 Å². The van der Waals surface area contributed by atoms with Crippen LogP contribution in [0.15, 0.2) is 0 Å². The van der Waals surface area contributed by atoms with E-state index in [1.807, 2.05) is 0 Å². The fourth-order valence-electron chi connectivity index (χ4n) is 3.59. The highest BCUT2D eigenvalue weighted by Crippen LogP contribution is 2.48. The minimum Gasteiger partial charge on any atom is -0.395 e. The van der Waals surface area contributed by atoms with Gasteiger partial charge in [0.05, 0.1) is 13.2 Å². The van der Waals surface area contributed by atoms with Crippen molar-refractivity contribution in [3.8, 4) is 0 Å². The van der Waals surface area contributed by atoms with E-state index in [9.17, 15) is 0 Å². The molecule has 1 saturated carbocycles. The van der Waals surface area contributed by atoms with Gasteiger partial charge in [-0.2, -0.15) is 0 Å². The zero-order chi connectivity index (χ0) is 11.4. The quantitative estimate of drug-likeness (QED) is 0.772. The maximum atomic E-state index is 9.05. The van der Waals surface area contributed by atoms with Crippen LogP contribution in [0.3, 0.4) is 0 Å². The summed E-state index contributed by atoms with van der Waals surface area (Å²) < 4.78 is 5.64. The predicted octanol–water partition coefficient (Wildman–Crippen LogP) is 1.51. The number of aliphatic hydroxyl groups excluding tert-OH is 1. The first kappa shape index (κ1) is 12.3. The summed E-state index contributed by atoms with van der Waals surface area (Å²) in [5.41, 5.74) is 0.518. The number of likely N-dealkylation sites (tertiary alicyclic amines) is 1. The lowest BCUT2D eigenvalue weighted by Crippen LogP contribution is -2.30. The predicted molar refractivity (Wildman–Crippen MR) is 64.4 cm³/mol. The van der Waals surface area contributed by atoms with Gasteiger partial charge < -0.3 is 14.7 Å². The molecule has 0 amide bonds. The third-order valence-electron chi connectivity index (χ3n) is 4.42. The van der Waals surface area contributed by atoms with Crippen molar-refractivity contribution in [3.05, 3.63) is 0 Å². The number of aliphatic hydroxyl groups is 1.